The number of anilines is 1. The quantitative estimate of drug-likeness (QED) is 0.662. The predicted molar refractivity (Wildman–Crippen MR) is 114 cm³/mol. The molecule has 0 aliphatic carbocycles. The highest BCUT2D eigenvalue weighted by Crippen LogP contribution is 2.27. The molecule has 7 heteroatoms. The SMILES string of the molecule is O=C(Nc1ccc2c(ccn2CCN2CCOCC2)c1)c1cccc(Cl)c1Cl. The third-order valence-electron chi connectivity index (χ3n) is 4.99. The van der Waals surface area contributed by atoms with Crippen molar-refractivity contribution in [3.05, 3.63) is 64.3 Å². The van der Waals surface area contributed by atoms with Gasteiger partial charge in [0.2, 0.25) is 0 Å². The van der Waals surface area contributed by atoms with Crippen LogP contribution in [0.25, 0.3) is 10.9 Å². The summed E-state index contributed by atoms with van der Waals surface area (Å²) in [7, 11) is 0. The van der Waals surface area contributed by atoms with Gasteiger partial charge in [-0.05, 0) is 36.4 Å². The summed E-state index contributed by atoms with van der Waals surface area (Å²) in [4.78, 5) is 14.9. The van der Waals surface area contributed by atoms with Gasteiger partial charge in [-0.3, -0.25) is 9.69 Å². The van der Waals surface area contributed by atoms with Crippen molar-refractivity contribution in [3.63, 3.8) is 0 Å². The molecule has 4 rings (SSSR count). The summed E-state index contributed by atoms with van der Waals surface area (Å²) in [5.41, 5.74) is 2.23. The maximum absolute atomic E-state index is 12.5. The molecular weight excluding hydrogens is 397 g/mol. The first-order chi connectivity index (χ1) is 13.6. The Kier molecular flexibility index (Phi) is 5.87. The number of fused-ring (bicyclic) bond motifs is 1. The molecule has 5 nitrogen and oxygen atoms in total. The molecular formula is C21H21Cl2N3O2. The highest BCUT2D eigenvalue weighted by molar-refractivity contribution is 6.44. The fourth-order valence-corrected chi connectivity index (χ4v) is 3.81. The maximum atomic E-state index is 12.5. The molecule has 1 saturated heterocycles. The Morgan fingerprint density at radius 2 is 1.89 bits per heavy atom. The fraction of sp³-hybridized carbons (Fsp3) is 0.286. The van der Waals surface area contributed by atoms with Crippen molar-refractivity contribution in [2.45, 2.75) is 6.54 Å². The summed E-state index contributed by atoms with van der Waals surface area (Å²) in [6.45, 7) is 5.52. The second-order valence-electron chi connectivity index (χ2n) is 6.79. The molecule has 0 radical (unpaired) electrons. The first kappa shape index (κ1) is 19.3. The van der Waals surface area contributed by atoms with Crippen molar-refractivity contribution in [1.29, 1.82) is 0 Å². The van der Waals surface area contributed by atoms with E-state index in [1.165, 1.54) is 0 Å². The van der Waals surface area contributed by atoms with Crippen molar-refractivity contribution >= 4 is 45.7 Å². The van der Waals surface area contributed by atoms with Crippen molar-refractivity contribution in [2.75, 3.05) is 38.2 Å². The molecule has 3 aromatic rings. The number of aromatic nitrogens is 1. The third-order valence-corrected chi connectivity index (χ3v) is 5.80. The summed E-state index contributed by atoms with van der Waals surface area (Å²) in [5, 5.41) is 4.60. The average molecular weight is 418 g/mol. The van der Waals surface area contributed by atoms with Crippen molar-refractivity contribution in [3.8, 4) is 0 Å². The molecule has 0 bridgehead atoms. The molecule has 1 amide bonds. The molecule has 0 unspecified atom stereocenters. The first-order valence-electron chi connectivity index (χ1n) is 9.26. The summed E-state index contributed by atoms with van der Waals surface area (Å²) in [5.74, 6) is -0.279. The Labute approximate surface area is 173 Å². The molecule has 28 heavy (non-hydrogen) atoms. The second kappa shape index (κ2) is 8.53. The number of benzene rings is 2. The van der Waals surface area contributed by atoms with Crippen LogP contribution in [0.3, 0.4) is 0 Å². The number of carbonyl (C=O) groups excluding carboxylic acids is 1. The Morgan fingerprint density at radius 3 is 2.71 bits per heavy atom. The highest BCUT2D eigenvalue weighted by Gasteiger charge is 2.14. The van der Waals surface area contributed by atoms with Gasteiger partial charge < -0.3 is 14.6 Å². The number of rotatable bonds is 5. The molecule has 0 atom stereocenters. The van der Waals surface area contributed by atoms with E-state index in [-0.39, 0.29) is 10.9 Å². The van der Waals surface area contributed by atoms with Gasteiger partial charge in [0.25, 0.3) is 5.91 Å². The number of morpholine rings is 1. The topological polar surface area (TPSA) is 46.5 Å². The Hall–Kier alpha value is -2.05. The van der Waals surface area contributed by atoms with Crippen LogP contribution in [0.5, 0.6) is 0 Å². The van der Waals surface area contributed by atoms with Gasteiger partial charge in [0.05, 0.1) is 28.8 Å². The number of nitrogens with zero attached hydrogens (tertiary/aromatic N) is 2. The molecule has 1 fully saturated rings. The van der Waals surface area contributed by atoms with Crippen LogP contribution in [-0.2, 0) is 11.3 Å². The molecule has 0 saturated carbocycles. The van der Waals surface area contributed by atoms with Gasteiger partial charge in [-0.25, -0.2) is 0 Å². The van der Waals surface area contributed by atoms with E-state index in [2.05, 4.69) is 27.0 Å². The first-order valence-corrected chi connectivity index (χ1v) is 10.0. The van der Waals surface area contributed by atoms with Gasteiger partial charge in [-0.15, -0.1) is 0 Å². The van der Waals surface area contributed by atoms with E-state index in [9.17, 15) is 4.79 Å². The lowest BCUT2D eigenvalue weighted by Crippen LogP contribution is -2.38. The smallest absolute Gasteiger partial charge is 0.257 e. The number of nitrogens with one attached hydrogen (secondary N) is 1. The normalized spacial score (nSPS) is 15.1. The highest BCUT2D eigenvalue weighted by atomic mass is 35.5. The Bertz CT molecular complexity index is 996. The zero-order valence-electron chi connectivity index (χ0n) is 15.3. The van der Waals surface area contributed by atoms with E-state index in [4.69, 9.17) is 27.9 Å². The number of hydrogen-bond acceptors (Lipinski definition) is 3. The number of hydrogen-bond donors (Lipinski definition) is 1. The lowest BCUT2D eigenvalue weighted by molar-refractivity contribution is 0.0365. The zero-order chi connectivity index (χ0) is 19.5. The Morgan fingerprint density at radius 1 is 1.07 bits per heavy atom. The fourth-order valence-electron chi connectivity index (χ4n) is 3.42. The molecule has 0 spiro atoms. The van der Waals surface area contributed by atoms with Gasteiger partial charge >= 0.3 is 0 Å². The summed E-state index contributed by atoms with van der Waals surface area (Å²) < 4.78 is 7.64. The molecule has 1 N–H and O–H groups in total. The standard InChI is InChI=1S/C21H21Cl2N3O2/c22-18-3-1-2-17(20(18)23)21(27)24-16-4-5-19-15(14-16)6-7-26(19)9-8-25-10-12-28-13-11-25/h1-7,14H,8-13H2,(H,24,27). The molecule has 146 valence electrons. The van der Waals surface area contributed by atoms with Gasteiger partial charge in [-0.1, -0.05) is 29.3 Å². The molecule has 1 aliphatic rings. The van der Waals surface area contributed by atoms with E-state index >= 15 is 0 Å². The Balaban J connectivity index is 1.46. The van der Waals surface area contributed by atoms with Crippen LogP contribution in [0.4, 0.5) is 5.69 Å². The lowest BCUT2D eigenvalue weighted by Gasteiger charge is -2.26. The number of carbonyl (C=O) groups is 1. The van der Waals surface area contributed by atoms with E-state index < -0.39 is 0 Å². The minimum absolute atomic E-state index is 0.261. The van der Waals surface area contributed by atoms with E-state index in [0.717, 1.165) is 56.0 Å². The molecule has 1 aromatic heterocycles. The van der Waals surface area contributed by atoms with Gasteiger partial charge in [0, 0.05) is 49.0 Å². The summed E-state index contributed by atoms with van der Waals surface area (Å²) in [6, 6.07) is 13.0. The van der Waals surface area contributed by atoms with Crippen LogP contribution in [-0.4, -0.2) is 48.2 Å². The summed E-state index contributed by atoms with van der Waals surface area (Å²) >= 11 is 12.1. The lowest BCUT2D eigenvalue weighted by atomic mass is 10.2. The van der Waals surface area contributed by atoms with Crippen molar-refractivity contribution < 1.29 is 9.53 Å². The monoisotopic (exact) mass is 417 g/mol. The molecule has 2 heterocycles. The van der Waals surface area contributed by atoms with Crippen LogP contribution in [0, 0.1) is 0 Å². The second-order valence-corrected chi connectivity index (χ2v) is 7.58. The van der Waals surface area contributed by atoms with Crippen LogP contribution >= 0.6 is 23.2 Å². The minimum Gasteiger partial charge on any atom is -0.379 e. The van der Waals surface area contributed by atoms with Gasteiger partial charge in [-0.2, -0.15) is 0 Å². The third kappa shape index (κ3) is 4.18. The van der Waals surface area contributed by atoms with E-state index in [0.29, 0.717) is 10.6 Å². The van der Waals surface area contributed by atoms with E-state index in [1.807, 2.05) is 18.2 Å². The molecule has 1 aliphatic heterocycles. The molecule has 2 aromatic carbocycles. The zero-order valence-corrected chi connectivity index (χ0v) is 16.8. The summed E-state index contributed by atoms with van der Waals surface area (Å²) in [6.07, 6.45) is 2.09. The van der Waals surface area contributed by atoms with Gasteiger partial charge in [0.1, 0.15) is 0 Å². The van der Waals surface area contributed by atoms with Crippen LogP contribution < -0.4 is 5.32 Å². The largest absolute Gasteiger partial charge is 0.379 e. The van der Waals surface area contributed by atoms with E-state index in [1.54, 1.807) is 18.2 Å². The number of ether oxygens (including phenoxy) is 1. The number of amides is 1. The van der Waals surface area contributed by atoms with Crippen molar-refractivity contribution in [2.24, 2.45) is 0 Å². The van der Waals surface area contributed by atoms with Gasteiger partial charge in [0.15, 0.2) is 0 Å². The average Bonchev–Trinajstić information content (AvgIpc) is 3.11. The van der Waals surface area contributed by atoms with Crippen LogP contribution in [0.1, 0.15) is 10.4 Å². The number of halogens is 2. The minimum atomic E-state index is -0.279. The van der Waals surface area contributed by atoms with Crippen LogP contribution in [0.15, 0.2) is 48.7 Å². The predicted octanol–water partition coefficient (Wildman–Crippen LogP) is 4.53. The van der Waals surface area contributed by atoms with Crippen LogP contribution in [0.2, 0.25) is 10.0 Å². The maximum Gasteiger partial charge on any atom is 0.257 e. The van der Waals surface area contributed by atoms with Crippen molar-refractivity contribution in [1.82, 2.24) is 9.47 Å².